The molecule has 36 heavy (non-hydrogen) atoms. The minimum Gasteiger partial charge on any atom is -0.378 e. The molecule has 0 bridgehead atoms. The third-order valence-corrected chi connectivity index (χ3v) is 7.77. The summed E-state index contributed by atoms with van der Waals surface area (Å²) in [6.07, 6.45) is 16.2. The van der Waals surface area contributed by atoms with E-state index in [0.29, 0.717) is 29.6 Å². The van der Waals surface area contributed by atoms with E-state index in [1.807, 2.05) is 42.4 Å². The van der Waals surface area contributed by atoms with Crippen molar-refractivity contribution >= 4 is 29.6 Å². The van der Waals surface area contributed by atoms with Gasteiger partial charge in [0.1, 0.15) is 0 Å². The van der Waals surface area contributed by atoms with Crippen LogP contribution < -0.4 is 0 Å². The molecule has 190 valence electrons. The molecule has 1 aliphatic heterocycles. The molecule has 0 aromatic heterocycles. The van der Waals surface area contributed by atoms with E-state index < -0.39 is 0 Å². The Morgan fingerprint density at radius 3 is 2.89 bits per heavy atom. The Morgan fingerprint density at radius 1 is 1.31 bits per heavy atom. The van der Waals surface area contributed by atoms with Gasteiger partial charge in [0.15, 0.2) is 0 Å². The Labute approximate surface area is 219 Å². The summed E-state index contributed by atoms with van der Waals surface area (Å²) in [4.78, 5) is 36.4. The minimum atomic E-state index is 0.0134. The lowest BCUT2D eigenvalue weighted by atomic mass is 9.86. The van der Waals surface area contributed by atoms with E-state index in [1.165, 1.54) is 6.20 Å². The predicted molar refractivity (Wildman–Crippen MR) is 146 cm³/mol. The second kappa shape index (κ2) is 11.7. The van der Waals surface area contributed by atoms with Crippen molar-refractivity contribution in [3.8, 4) is 0 Å². The Kier molecular flexibility index (Phi) is 8.47. The second-order valence-corrected chi connectivity index (χ2v) is 10.0. The van der Waals surface area contributed by atoms with Crippen LogP contribution in [0.15, 0.2) is 72.0 Å². The van der Waals surface area contributed by atoms with Crippen molar-refractivity contribution < 1.29 is 9.59 Å². The molecule has 1 aromatic carbocycles. The molecule has 1 aromatic rings. The average Bonchev–Trinajstić information content (AvgIpc) is 3.45. The summed E-state index contributed by atoms with van der Waals surface area (Å²) in [6, 6.07) is 5.75. The first-order valence-corrected chi connectivity index (χ1v) is 13.1. The van der Waals surface area contributed by atoms with E-state index >= 15 is 0 Å². The lowest BCUT2D eigenvalue weighted by molar-refractivity contribution is -0.125. The number of halogens is 1. The topological polar surface area (TPSA) is 56.2 Å². The molecular weight excluding hydrogens is 472 g/mol. The summed E-state index contributed by atoms with van der Waals surface area (Å²) in [5, 5.41) is 0.521. The van der Waals surface area contributed by atoms with Crippen LogP contribution >= 0.6 is 11.6 Å². The van der Waals surface area contributed by atoms with Crippen molar-refractivity contribution in [2.45, 2.75) is 38.8 Å². The molecule has 0 N–H and O–H groups in total. The Bertz CT molecular complexity index is 1120. The standard InChI is InChI=1S/C29H35ClN4O2/c1-4-31-15-7-17-33(5-2)18-8-16-32(3)28(35)22-12-11-21-13-14-26(24(21)19-22)34-20-23-9-6-10-25(30)27(23)29(34)36/h4,6-7,9-12,15,17,19,21,24,26H,1,5,8,13-14,16,18,20H2,2-3H3/b17-7+,31-15?/t21?,24?,26-/m1/s1. The van der Waals surface area contributed by atoms with Gasteiger partial charge in [0, 0.05) is 69.4 Å². The SMILES string of the molecule is C=CN=C/C=C/N(CC)CCCN(C)C(=O)C1=CC2C(C=C1)CC[C@H]2N1Cc2cccc(Cl)c2C1=O. The number of hydrogen-bond donors (Lipinski definition) is 0. The van der Waals surface area contributed by atoms with Crippen LogP contribution in [0.5, 0.6) is 0 Å². The fourth-order valence-corrected chi connectivity index (χ4v) is 5.81. The van der Waals surface area contributed by atoms with Crippen molar-refractivity contribution in [2.24, 2.45) is 16.8 Å². The van der Waals surface area contributed by atoms with E-state index in [2.05, 4.69) is 35.5 Å². The molecule has 2 aliphatic carbocycles. The van der Waals surface area contributed by atoms with Crippen molar-refractivity contribution in [2.75, 3.05) is 26.7 Å². The van der Waals surface area contributed by atoms with Crippen LogP contribution in [0.25, 0.3) is 0 Å². The number of aliphatic imine (C=N–C) groups is 1. The molecule has 2 amide bonds. The molecular formula is C29H35ClN4O2. The van der Waals surface area contributed by atoms with Gasteiger partial charge in [-0.1, -0.05) is 48.5 Å². The minimum absolute atomic E-state index is 0.0134. The van der Waals surface area contributed by atoms with Gasteiger partial charge in [0.05, 0.1) is 10.6 Å². The number of carbonyl (C=O) groups is 2. The molecule has 0 spiro atoms. The number of rotatable bonds is 10. The van der Waals surface area contributed by atoms with Crippen molar-refractivity contribution in [3.63, 3.8) is 0 Å². The fourth-order valence-electron chi connectivity index (χ4n) is 5.54. The predicted octanol–water partition coefficient (Wildman–Crippen LogP) is 5.09. The zero-order valence-electron chi connectivity index (χ0n) is 21.1. The van der Waals surface area contributed by atoms with E-state index in [-0.39, 0.29) is 23.8 Å². The number of fused-ring (bicyclic) bond motifs is 2. The maximum Gasteiger partial charge on any atom is 0.256 e. The highest BCUT2D eigenvalue weighted by Crippen LogP contribution is 2.43. The van der Waals surface area contributed by atoms with Gasteiger partial charge in [0.2, 0.25) is 0 Å². The van der Waals surface area contributed by atoms with Gasteiger partial charge in [-0.05, 0) is 49.8 Å². The summed E-state index contributed by atoms with van der Waals surface area (Å²) < 4.78 is 0. The number of likely N-dealkylation sites (N-methyl/N-ethyl adjacent to an activating group) is 1. The molecule has 2 unspecified atom stereocenters. The van der Waals surface area contributed by atoms with Crippen LogP contribution in [0.1, 0.15) is 42.1 Å². The maximum absolute atomic E-state index is 13.2. The highest BCUT2D eigenvalue weighted by atomic mass is 35.5. The zero-order chi connectivity index (χ0) is 25.7. The maximum atomic E-state index is 13.2. The molecule has 3 aliphatic rings. The highest BCUT2D eigenvalue weighted by Gasteiger charge is 2.43. The van der Waals surface area contributed by atoms with Gasteiger partial charge in [-0.15, -0.1) is 0 Å². The molecule has 0 radical (unpaired) electrons. The van der Waals surface area contributed by atoms with Crippen molar-refractivity contribution in [3.05, 3.63) is 83.2 Å². The van der Waals surface area contributed by atoms with E-state index in [1.54, 1.807) is 17.2 Å². The Hall–Kier alpha value is -3.12. The number of allylic oxidation sites excluding steroid dienone is 2. The van der Waals surface area contributed by atoms with Crippen LogP contribution in [0.4, 0.5) is 0 Å². The van der Waals surface area contributed by atoms with E-state index in [9.17, 15) is 9.59 Å². The third kappa shape index (κ3) is 5.49. The second-order valence-electron chi connectivity index (χ2n) is 9.61. The first-order chi connectivity index (χ1) is 17.4. The molecule has 1 saturated carbocycles. The van der Waals surface area contributed by atoms with Crippen LogP contribution in [0.3, 0.4) is 0 Å². The Morgan fingerprint density at radius 2 is 2.14 bits per heavy atom. The van der Waals surface area contributed by atoms with Gasteiger partial charge >= 0.3 is 0 Å². The number of nitrogens with zero attached hydrogens (tertiary/aromatic N) is 4. The van der Waals surface area contributed by atoms with Gasteiger partial charge in [-0.25, -0.2) is 0 Å². The van der Waals surface area contributed by atoms with E-state index in [4.69, 9.17) is 11.6 Å². The third-order valence-electron chi connectivity index (χ3n) is 7.46. The molecule has 1 fully saturated rings. The van der Waals surface area contributed by atoms with Gasteiger partial charge in [-0.2, -0.15) is 0 Å². The first kappa shape index (κ1) is 26.0. The fraction of sp³-hybridized carbons (Fsp3) is 0.414. The van der Waals surface area contributed by atoms with Gasteiger partial charge in [0.25, 0.3) is 11.8 Å². The van der Waals surface area contributed by atoms with Gasteiger partial charge in [-0.3, -0.25) is 14.6 Å². The van der Waals surface area contributed by atoms with Gasteiger partial charge < -0.3 is 14.7 Å². The molecule has 4 rings (SSSR count). The van der Waals surface area contributed by atoms with Crippen LogP contribution in [-0.2, 0) is 11.3 Å². The summed E-state index contributed by atoms with van der Waals surface area (Å²) in [7, 11) is 1.86. The average molecular weight is 507 g/mol. The summed E-state index contributed by atoms with van der Waals surface area (Å²) in [5.41, 5.74) is 2.35. The monoisotopic (exact) mass is 506 g/mol. The largest absolute Gasteiger partial charge is 0.378 e. The van der Waals surface area contributed by atoms with Crippen molar-refractivity contribution in [1.29, 1.82) is 0 Å². The lowest BCUT2D eigenvalue weighted by Crippen LogP contribution is -2.39. The molecule has 6 nitrogen and oxygen atoms in total. The Balaban J connectivity index is 1.37. The summed E-state index contributed by atoms with van der Waals surface area (Å²) >= 11 is 6.34. The molecule has 0 saturated heterocycles. The van der Waals surface area contributed by atoms with Crippen molar-refractivity contribution in [1.82, 2.24) is 14.7 Å². The number of carbonyl (C=O) groups excluding carboxylic acids is 2. The zero-order valence-corrected chi connectivity index (χ0v) is 21.9. The summed E-state index contributed by atoms with van der Waals surface area (Å²) in [5.74, 6) is 0.557. The van der Waals surface area contributed by atoms with Crippen LogP contribution in [0, 0.1) is 11.8 Å². The number of amides is 2. The quantitative estimate of drug-likeness (QED) is 0.415. The first-order valence-electron chi connectivity index (χ1n) is 12.7. The lowest BCUT2D eigenvalue weighted by Gasteiger charge is -2.31. The van der Waals surface area contributed by atoms with E-state index in [0.717, 1.165) is 43.5 Å². The smallest absolute Gasteiger partial charge is 0.256 e. The normalized spacial score (nSPS) is 22.8. The highest BCUT2D eigenvalue weighted by molar-refractivity contribution is 6.34. The molecule has 3 atom stereocenters. The number of hydrogen-bond acceptors (Lipinski definition) is 4. The van der Waals surface area contributed by atoms with Crippen LogP contribution in [0.2, 0.25) is 5.02 Å². The summed E-state index contributed by atoms with van der Waals surface area (Å²) in [6.45, 7) is 8.67. The molecule has 1 heterocycles. The van der Waals surface area contributed by atoms with Crippen LogP contribution in [-0.4, -0.2) is 65.5 Å². The number of benzene rings is 1. The molecule has 7 heteroatoms.